The third kappa shape index (κ3) is 5.08. The standard InChI is InChI=1S/C16H15F3N4O/c17-16(18,19)14-6-8-21-9-15(14)24-13-3-1-12(2-4-13)5-7-22-11-23-10-20/h1-4,6,8-11H,5,7H2,(H2,20,22,23). The molecule has 1 heterocycles. The first-order valence-corrected chi connectivity index (χ1v) is 7.00. The number of alkyl halides is 3. The largest absolute Gasteiger partial charge is 0.455 e. The van der Waals surface area contributed by atoms with E-state index in [9.17, 15) is 13.2 Å². The summed E-state index contributed by atoms with van der Waals surface area (Å²) in [7, 11) is 0. The van der Waals surface area contributed by atoms with E-state index in [0.29, 0.717) is 18.7 Å². The number of hydrogen-bond donors (Lipinski definition) is 1. The van der Waals surface area contributed by atoms with Crippen LogP contribution < -0.4 is 10.5 Å². The number of ether oxygens (including phenoxy) is 1. The van der Waals surface area contributed by atoms with Gasteiger partial charge in [0.05, 0.1) is 12.5 Å². The lowest BCUT2D eigenvalue weighted by Crippen LogP contribution is -2.07. The predicted octanol–water partition coefficient (Wildman–Crippen LogP) is 3.45. The van der Waals surface area contributed by atoms with Crippen molar-refractivity contribution in [1.29, 1.82) is 0 Å². The summed E-state index contributed by atoms with van der Waals surface area (Å²) in [6, 6.07) is 7.61. The first-order chi connectivity index (χ1) is 11.5. The SMILES string of the molecule is NC=NC=NCCc1ccc(Oc2cnccc2C(F)(F)F)cc1. The maximum absolute atomic E-state index is 12.9. The zero-order valence-electron chi connectivity index (χ0n) is 12.6. The quantitative estimate of drug-likeness (QED) is 0.649. The van der Waals surface area contributed by atoms with Crippen molar-refractivity contribution in [3.8, 4) is 11.5 Å². The number of nitrogens with two attached hydrogens (primary N) is 1. The minimum atomic E-state index is -4.50. The maximum atomic E-state index is 12.9. The summed E-state index contributed by atoms with van der Waals surface area (Å²) in [6.07, 6.45) is 0.791. The van der Waals surface area contributed by atoms with Crippen LogP contribution in [0.2, 0.25) is 0 Å². The number of halogens is 3. The monoisotopic (exact) mass is 336 g/mol. The molecular weight excluding hydrogens is 321 g/mol. The zero-order chi connectivity index (χ0) is 17.4. The summed E-state index contributed by atoms with van der Waals surface area (Å²) in [5.41, 5.74) is 5.17. The Balaban J connectivity index is 2.02. The van der Waals surface area contributed by atoms with Gasteiger partial charge in [-0.15, -0.1) is 0 Å². The van der Waals surface area contributed by atoms with Crippen LogP contribution in [-0.4, -0.2) is 24.2 Å². The number of pyridine rings is 1. The molecule has 0 unspecified atom stereocenters. The van der Waals surface area contributed by atoms with Crippen LogP contribution in [-0.2, 0) is 12.6 Å². The van der Waals surface area contributed by atoms with Gasteiger partial charge in [-0.1, -0.05) is 12.1 Å². The summed E-state index contributed by atoms with van der Waals surface area (Å²) in [4.78, 5) is 11.3. The Morgan fingerprint density at radius 2 is 1.92 bits per heavy atom. The Labute approximate surface area is 136 Å². The van der Waals surface area contributed by atoms with Gasteiger partial charge in [-0.2, -0.15) is 13.2 Å². The third-order valence-electron chi connectivity index (χ3n) is 3.01. The number of aromatic nitrogens is 1. The molecule has 1 aromatic heterocycles. The topological polar surface area (TPSA) is 72.9 Å². The smallest absolute Gasteiger partial charge is 0.420 e. The number of aliphatic imine (C=N–C) groups is 2. The van der Waals surface area contributed by atoms with Gasteiger partial charge in [-0.25, -0.2) is 4.99 Å². The lowest BCUT2D eigenvalue weighted by atomic mass is 10.1. The molecule has 0 bridgehead atoms. The molecule has 0 saturated carbocycles. The second-order valence-electron chi connectivity index (χ2n) is 4.69. The molecule has 2 aromatic rings. The Hall–Kier alpha value is -2.90. The third-order valence-corrected chi connectivity index (χ3v) is 3.01. The molecule has 2 rings (SSSR count). The number of hydrogen-bond acceptors (Lipinski definition) is 3. The Morgan fingerprint density at radius 3 is 2.58 bits per heavy atom. The average Bonchev–Trinajstić information content (AvgIpc) is 2.56. The predicted molar refractivity (Wildman–Crippen MR) is 85.5 cm³/mol. The molecule has 24 heavy (non-hydrogen) atoms. The molecule has 8 heteroatoms. The van der Waals surface area contributed by atoms with E-state index >= 15 is 0 Å². The number of rotatable bonds is 6. The van der Waals surface area contributed by atoms with E-state index in [1.807, 2.05) is 0 Å². The summed E-state index contributed by atoms with van der Waals surface area (Å²) in [6.45, 7) is 0.526. The first-order valence-electron chi connectivity index (χ1n) is 7.00. The Morgan fingerprint density at radius 1 is 1.17 bits per heavy atom. The van der Waals surface area contributed by atoms with Crippen LogP contribution in [0, 0.1) is 0 Å². The molecule has 0 aliphatic carbocycles. The van der Waals surface area contributed by atoms with E-state index in [-0.39, 0.29) is 5.75 Å². The van der Waals surface area contributed by atoms with Crippen molar-refractivity contribution in [2.75, 3.05) is 6.54 Å². The van der Waals surface area contributed by atoms with E-state index < -0.39 is 11.7 Å². The van der Waals surface area contributed by atoms with Crippen molar-refractivity contribution in [2.45, 2.75) is 12.6 Å². The summed E-state index contributed by atoms with van der Waals surface area (Å²) >= 11 is 0. The molecule has 1 aromatic carbocycles. The van der Waals surface area contributed by atoms with Crippen LogP contribution in [0.3, 0.4) is 0 Å². The van der Waals surface area contributed by atoms with Crippen molar-refractivity contribution in [3.63, 3.8) is 0 Å². The molecule has 126 valence electrons. The van der Waals surface area contributed by atoms with Crippen LogP contribution in [0.4, 0.5) is 13.2 Å². The van der Waals surface area contributed by atoms with E-state index in [1.54, 1.807) is 24.3 Å². The highest BCUT2D eigenvalue weighted by Crippen LogP contribution is 2.37. The van der Waals surface area contributed by atoms with E-state index in [0.717, 1.165) is 30.4 Å². The van der Waals surface area contributed by atoms with E-state index in [1.165, 1.54) is 6.34 Å². The van der Waals surface area contributed by atoms with Gasteiger partial charge in [0.1, 0.15) is 17.7 Å². The minimum Gasteiger partial charge on any atom is -0.455 e. The highest BCUT2D eigenvalue weighted by Gasteiger charge is 2.34. The lowest BCUT2D eigenvalue weighted by Gasteiger charge is -2.13. The Bertz CT molecular complexity index is 712. The summed E-state index contributed by atoms with van der Waals surface area (Å²) in [5.74, 6) is -0.0320. The van der Waals surface area contributed by atoms with Gasteiger partial charge >= 0.3 is 6.18 Å². The molecule has 0 fully saturated rings. The van der Waals surface area contributed by atoms with Crippen LogP contribution in [0.5, 0.6) is 11.5 Å². The molecular formula is C16H15F3N4O. The van der Waals surface area contributed by atoms with Crippen molar-refractivity contribution < 1.29 is 17.9 Å². The van der Waals surface area contributed by atoms with Gasteiger partial charge in [0.15, 0.2) is 5.75 Å². The van der Waals surface area contributed by atoms with Crippen molar-refractivity contribution in [1.82, 2.24) is 4.98 Å². The molecule has 0 aliphatic heterocycles. The molecule has 0 radical (unpaired) electrons. The molecule has 0 saturated heterocycles. The number of nitrogens with zero attached hydrogens (tertiary/aromatic N) is 3. The molecule has 0 atom stereocenters. The fraction of sp³-hybridized carbons (Fsp3) is 0.188. The van der Waals surface area contributed by atoms with E-state index in [4.69, 9.17) is 10.5 Å². The van der Waals surface area contributed by atoms with Crippen molar-refractivity contribution >= 4 is 12.7 Å². The molecule has 5 nitrogen and oxygen atoms in total. The van der Waals surface area contributed by atoms with Gasteiger partial charge in [0.2, 0.25) is 0 Å². The average molecular weight is 336 g/mol. The van der Waals surface area contributed by atoms with Gasteiger partial charge in [-0.05, 0) is 30.2 Å². The zero-order valence-corrected chi connectivity index (χ0v) is 12.6. The van der Waals surface area contributed by atoms with E-state index in [2.05, 4.69) is 15.0 Å². The molecule has 2 N–H and O–H groups in total. The Kier molecular flexibility index (Phi) is 5.89. The van der Waals surface area contributed by atoms with Crippen LogP contribution >= 0.6 is 0 Å². The van der Waals surface area contributed by atoms with Gasteiger partial charge in [-0.3, -0.25) is 9.98 Å². The molecule has 0 aliphatic rings. The van der Waals surface area contributed by atoms with Crippen LogP contribution in [0.1, 0.15) is 11.1 Å². The molecule has 0 spiro atoms. The highest BCUT2D eigenvalue weighted by atomic mass is 19.4. The normalized spacial score (nSPS) is 12.1. The van der Waals surface area contributed by atoms with Crippen LogP contribution in [0.25, 0.3) is 0 Å². The summed E-state index contributed by atoms with van der Waals surface area (Å²) < 4.78 is 44.0. The fourth-order valence-corrected chi connectivity index (χ4v) is 1.88. The lowest BCUT2D eigenvalue weighted by molar-refractivity contribution is -0.138. The van der Waals surface area contributed by atoms with Gasteiger partial charge in [0, 0.05) is 12.7 Å². The van der Waals surface area contributed by atoms with Crippen LogP contribution in [0.15, 0.2) is 52.7 Å². The van der Waals surface area contributed by atoms with Gasteiger partial charge < -0.3 is 10.5 Å². The fourth-order valence-electron chi connectivity index (χ4n) is 1.88. The summed E-state index contributed by atoms with van der Waals surface area (Å²) in [5, 5.41) is 0. The maximum Gasteiger partial charge on any atom is 0.420 e. The van der Waals surface area contributed by atoms with Gasteiger partial charge in [0.25, 0.3) is 0 Å². The second-order valence-corrected chi connectivity index (χ2v) is 4.69. The van der Waals surface area contributed by atoms with Crippen molar-refractivity contribution in [2.24, 2.45) is 15.7 Å². The first kappa shape index (κ1) is 17.5. The minimum absolute atomic E-state index is 0.300. The number of benzene rings is 1. The molecule has 0 amide bonds. The highest BCUT2D eigenvalue weighted by molar-refractivity contribution is 5.69. The van der Waals surface area contributed by atoms with Crippen molar-refractivity contribution in [3.05, 3.63) is 53.9 Å². The second kappa shape index (κ2) is 8.09.